The van der Waals surface area contributed by atoms with Crippen LogP contribution in [0.1, 0.15) is 21.7 Å². The number of carbonyl (C=O) groups is 2. The number of aliphatic carboxylic acids is 1. The second kappa shape index (κ2) is 13.4. The predicted molar refractivity (Wildman–Crippen MR) is 143 cm³/mol. The van der Waals surface area contributed by atoms with Crippen LogP contribution in [0.15, 0.2) is 71.4 Å². The van der Waals surface area contributed by atoms with E-state index in [0.29, 0.717) is 0 Å². The van der Waals surface area contributed by atoms with E-state index in [4.69, 9.17) is 14.6 Å². The van der Waals surface area contributed by atoms with Crippen molar-refractivity contribution in [2.75, 3.05) is 26.7 Å². The molecule has 0 bridgehead atoms. The molecule has 0 spiro atoms. The summed E-state index contributed by atoms with van der Waals surface area (Å²) in [6, 6.07) is 18.1. The second-order valence-electron chi connectivity index (χ2n) is 9.67. The maximum Gasteiger partial charge on any atom is 0.430 e. The van der Waals surface area contributed by atoms with Gasteiger partial charge in [0.2, 0.25) is 0 Å². The van der Waals surface area contributed by atoms with Gasteiger partial charge in [0.1, 0.15) is 12.5 Å². The maximum absolute atomic E-state index is 13.2. The van der Waals surface area contributed by atoms with Gasteiger partial charge in [-0.15, -0.1) is 22.7 Å². The average Bonchev–Trinajstić information content (AvgIpc) is 3.64. The van der Waals surface area contributed by atoms with Gasteiger partial charge in [-0.25, -0.2) is 4.79 Å². The Morgan fingerprint density at radius 1 is 1.05 bits per heavy atom. The summed E-state index contributed by atoms with van der Waals surface area (Å²) < 4.78 is 38.3. The highest BCUT2D eigenvalue weighted by Gasteiger charge is 2.43. The van der Waals surface area contributed by atoms with Gasteiger partial charge in [-0.05, 0) is 34.5 Å². The first kappa shape index (κ1) is 30.6. The van der Waals surface area contributed by atoms with E-state index in [9.17, 15) is 23.1 Å². The lowest BCUT2D eigenvalue weighted by atomic mass is 9.93. The predicted octanol–water partition coefficient (Wildman–Crippen LogP) is 4.10. The fourth-order valence-electron chi connectivity index (χ4n) is 4.27. The molecule has 1 N–H and O–H groups in total. The molecule has 39 heavy (non-hydrogen) atoms. The Labute approximate surface area is 233 Å². The van der Waals surface area contributed by atoms with Gasteiger partial charge in [0.05, 0.1) is 20.1 Å². The average molecular weight is 582 g/mol. The van der Waals surface area contributed by atoms with Crippen LogP contribution in [-0.2, 0) is 27.2 Å². The van der Waals surface area contributed by atoms with Crippen molar-refractivity contribution in [1.29, 1.82) is 0 Å². The Bertz CT molecular complexity index is 1180. The molecule has 0 aliphatic carbocycles. The number of carbonyl (C=O) groups excluding carboxylic acids is 2. The van der Waals surface area contributed by atoms with Crippen LogP contribution in [0.25, 0.3) is 6.08 Å². The standard InChI is InChI=1S/C26H30NO3S2.C2HF3O2/c1-27(14-5-10-21-8-3-2-4-9-21)15-13-22(20-27)30-25(28)26(29,18-23-11-6-16-31-23)19-24-12-7-17-32-24;3-2(4,5)1(6)7/h2-12,16-17,22,29H,13-15,18-20H2,1H3;(H,6,7)/q+1;/p-1/b10-5+;. The van der Waals surface area contributed by atoms with E-state index in [0.717, 1.165) is 40.3 Å². The van der Waals surface area contributed by atoms with Crippen LogP contribution in [0.3, 0.4) is 0 Å². The zero-order valence-electron chi connectivity index (χ0n) is 21.3. The third-order valence-electron chi connectivity index (χ3n) is 6.27. The fraction of sp³-hybridized carbons (Fsp3) is 0.357. The minimum Gasteiger partial charge on any atom is -0.542 e. The molecule has 1 fully saturated rings. The van der Waals surface area contributed by atoms with Crippen molar-refractivity contribution in [2.24, 2.45) is 0 Å². The monoisotopic (exact) mass is 581 g/mol. The van der Waals surface area contributed by atoms with Gasteiger partial charge in [0, 0.05) is 29.0 Å². The van der Waals surface area contributed by atoms with Gasteiger partial charge in [-0.3, -0.25) is 0 Å². The van der Waals surface area contributed by atoms with Crippen molar-refractivity contribution in [1.82, 2.24) is 0 Å². The van der Waals surface area contributed by atoms with E-state index >= 15 is 0 Å². The molecule has 1 aliphatic rings. The van der Waals surface area contributed by atoms with Crippen LogP contribution in [0, 0.1) is 0 Å². The van der Waals surface area contributed by atoms with E-state index in [2.05, 4.69) is 31.3 Å². The molecule has 11 heteroatoms. The summed E-state index contributed by atoms with van der Waals surface area (Å²) in [6.07, 6.45) is 0.346. The molecular weight excluding hydrogens is 551 g/mol. The van der Waals surface area contributed by atoms with Gasteiger partial charge < -0.3 is 24.2 Å². The van der Waals surface area contributed by atoms with Crippen LogP contribution in [-0.4, -0.2) is 66.1 Å². The zero-order valence-corrected chi connectivity index (χ0v) is 22.9. The van der Waals surface area contributed by atoms with Gasteiger partial charge in [0.15, 0.2) is 11.7 Å². The van der Waals surface area contributed by atoms with Crippen LogP contribution >= 0.6 is 22.7 Å². The highest BCUT2D eigenvalue weighted by atomic mass is 32.1. The van der Waals surface area contributed by atoms with Crippen molar-refractivity contribution in [3.63, 3.8) is 0 Å². The number of esters is 1. The van der Waals surface area contributed by atoms with E-state index in [1.165, 1.54) is 5.56 Å². The number of hydrogen-bond acceptors (Lipinski definition) is 7. The first-order valence-corrected chi connectivity index (χ1v) is 14.0. The SMILES string of the molecule is C[N+]1(C/C=C/c2ccccc2)CCC(OC(=O)C(O)(Cc2cccs2)Cc2cccs2)C1.O=C([O-])C(F)(F)F. The third-order valence-corrected chi connectivity index (χ3v) is 8.02. The van der Waals surface area contributed by atoms with Crippen molar-refractivity contribution in [3.05, 3.63) is 86.8 Å². The molecule has 0 amide bonds. The van der Waals surface area contributed by atoms with E-state index < -0.39 is 23.7 Å². The topological polar surface area (TPSA) is 86.7 Å². The second-order valence-corrected chi connectivity index (χ2v) is 11.7. The molecule has 2 aromatic heterocycles. The molecule has 3 heterocycles. The Kier molecular flexibility index (Phi) is 10.5. The minimum atomic E-state index is -5.19. The summed E-state index contributed by atoms with van der Waals surface area (Å²) in [6.45, 7) is 2.60. The molecule has 4 rings (SSSR count). The van der Waals surface area contributed by atoms with Gasteiger partial charge >= 0.3 is 12.1 Å². The Balaban J connectivity index is 0.000000532. The lowest BCUT2D eigenvalue weighted by Crippen LogP contribution is -2.47. The van der Waals surface area contributed by atoms with Gasteiger partial charge in [0.25, 0.3) is 0 Å². The first-order chi connectivity index (χ1) is 18.4. The largest absolute Gasteiger partial charge is 0.542 e. The number of likely N-dealkylation sites (tertiary alicyclic amines) is 1. The molecule has 1 aromatic carbocycles. The quantitative estimate of drug-likeness (QED) is 0.304. The summed E-state index contributed by atoms with van der Waals surface area (Å²) in [5, 5.41) is 24.1. The van der Waals surface area contributed by atoms with E-state index in [1.807, 2.05) is 53.2 Å². The molecule has 1 saturated heterocycles. The molecular formula is C28H30F3NO5S2. The smallest absolute Gasteiger partial charge is 0.430 e. The number of likely N-dealkylation sites (N-methyl/N-ethyl adjacent to an activating group) is 1. The summed E-state index contributed by atoms with van der Waals surface area (Å²) >= 11 is 3.11. The summed E-state index contributed by atoms with van der Waals surface area (Å²) in [7, 11) is 2.20. The third kappa shape index (κ3) is 9.61. The number of halogens is 3. The van der Waals surface area contributed by atoms with Crippen LogP contribution in [0.5, 0.6) is 0 Å². The van der Waals surface area contributed by atoms with Crippen molar-refractivity contribution >= 4 is 40.7 Å². The maximum atomic E-state index is 13.2. The number of carboxylic acids is 1. The highest BCUT2D eigenvalue weighted by Crippen LogP contribution is 2.28. The minimum absolute atomic E-state index is 0.171. The lowest BCUT2D eigenvalue weighted by Gasteiger charge is -2.29. The number of alkyl halides is 3. The molecule has 2 unspecified atom stereocenters. The van der Waals surface area contributed by atoms with Crippen molar-refractivity contribution in [3.8, 4) is 0 Å². The fourth-order valence-corrected chi connectivity index (χ4v) is 5.89. The van der Waals surface area contributed by atoms with Crippen molar-refractivity contribution < 1.29 is 42.2 Å². The number of hydrogen-bond donors (Lipinski definition) is 1. The lowest BCUT2D eigenvalue weighted by molar-refractivity contribution is -0.893. The summed E-state index contributed by atoms with van der Waals surface area (Å²) in [4.78, 5) is 24.0. The molecule has 6 nitrogen and oxygen atoms in total. The molecule has 210 valence electrons. The Morgan fingerprint density at radius 2 is 1.62 bits per heavy atom. The number of ether oxygens (including phenoxy) is 1. The number of nitrogens with zero attached hydrogens (tertiary/aromatic N) is 1. The van der Waals surface area contributed by atoms with Crippen LogP contribution in [0.4, 0.5) is 13.2 Å². The number of aliphatic hydroxyl groups is 1. The first-order valence-electron chi connectivity index (χ1n) is 12.2. The van der Waals surface area contributed by atoms with Gasteiger partial charge in [-0.2, -0.15) is 13.2 Å². The number of carboxylic acid groups (broad SMARTS) is 1. The van der Waals surface area contributed by atoms with Gasteiger partial charge in [-0.1, -0.05) is 48.5 Å². The summed E-state index contributed by atoms with van der Waals surface area (Å²) in [5.74, 6) is -3.51. The molecule has 2 atom stereocenters. The molecule has 0 radical (unpaired) electrons. The van der Waals surface area contributed by atoms with Crippen molar-refractivity contribution in [2.45, 2.75) is 37.1 Å². The summed E-state index contributed by atoms with van der Waals surface area (Å²) in [5.41, 5.74) is -0.358. The molecule has 0 saturated carbocycles. The normalized spacial score (nSPS) is 19.5. The van der Waals surface area contributed by atoms with E-state index in [1.54, 1.807) is 22.7 Å². The Hall–Kier alpha value is -2.99. The van der Waals surface area contributed by atoms with Crippen LogP contribution < -0.4 is 5.11 Å². The van der Waals surface area contributed by atoms with E-state index in [-0.39, 0.29) is 18.9 Å². The number of quaternary nitrogens is 1. The molecule has 1 aliphatic heterocycles. The number of thiophene rings is 2. The highest BCUT2D eigenvalue weighted by molar-refractivity contribution is 7.10. The molecule has 3 aromatic rings. The number of rotatable bonds is 9. The zero-order chi connectivity index (χ0) is 28.5. The van der Waals surface area contributed by atoms with Crippen LogP contribution in [0.2, 0.25) is 0 Å². The number of benzene rings is 1. The Morgan fingerprint density at radius 3 is 2.10 bits per heavy atom.